The van der Waals surface area contributed by atoms with Gasteiger partial charge in [0.15, 0.2) is 5.82 Å². The van der Waals surface area contributed by atoms with Crippen molar-refractivity contribution in [1.29, 1.82) is 0 Å². The van der Waals surface area contributed by atoms with Crippen LogP contribution >= 0.6 is 11.6 Å². The van der Waals surface area contributed by atoms with Gasteiger partial charge in [0.2, 0.25) is 0 Å². The number of nitrogens with zero attached hydrogens (tertiary/aromatic N) is 1. The fourth-order valence-electron chi connectivity index (χ4n) is 1.61. The van der Waals surface area contributed by atoms with Crippen molar-refractivity contribution in [2.75, 3.05) is 11.1 Å². The Kier molecular flexibility index (Phi) is 4.02. The van der Waals surface area contributed by atoms with Gasteiger partial charge in [-0.25, -0.2) is 4.98 Å². The number of pyridine rings is 1. The summed E-state index contributed by atoms with van der Waals surface area (Å²) in [5, 5.41) is 12.6. The highest BCUT2D eigenvalue weighted by Crippen LogP contribution is 2.19. The summed E-state index contributed by atoms with van der Waals surface area (Å²) in [5.41, 5.74) is 8.26. The maximum absolute atomic E-state index is 9.06. The van der Waals surface area contributed by atoms with E-state index in [1.54, 1.807) is 12.1 Å². The highest BCUT2D eigenvalue weighted by atomic mass is 35.5. The first-order valence-electron chi connectivity index (χ1n) is 5.53. The summed E-state index contributed by atoms with van der Waals surface area (Å²) in [6.45, 7) is 0.608. The van der Waals surface area contributed by atoms with Crippen LogP contribution < -0.4 is 11.1 Å². The number of nitrogens with two attached hydrogens (primary N) is 1. The van der Waals surface area contributed by atoms with Crippen LogP contribution in [0.3, 0.4) is 0 Å². The van der Waals surface area contributed by atoms with Crippen molar-refractivity contribution in [3.63, 3.8) is 0 Å². The largest absolute Gasteiger partial charge is 0.396 e. The Hall–Kier alpha value is -1.78. The maximum Gasteiger partial charge on any atom is 0.151 e. The Labute approximate surface area is 110 Å². The molecule has 0 atom stereocenters. The van der Waals surface area contributed by atoms with E-state index in [9.17, 15) is 0 Å². The molecule has 4 N–H and O–H groups in total. The fourth-order valence-corrected chi connectivity index (χ4v) is 1.76. The molecule has 0 unspecified atom stereocenters. The molecule has 94 valence electrons. The average molecular weight is 264 g/mol. The maximum atomic E-state index is 9.06. The van der Waals surface area contributed by atoms with Gasteiger partial charge < -0.3 is 16.2 Å². The van der Waals surface area contributed by atoms with Gasteiger partial charge in [0, 0.05) is 6.54 Å². The van der Waals surface area contributed by atoms with E-state index in [0.29, 0.717) is 23.2 Å². The summed E-state index contributed by atoms with van der Waals surface area (Å²) >= 11 is 5.81. The molecule has 0 spiro atoms. The van der Waals surface area contributed by atoms with Crippen molar-refractivity contribution >= 4 is 23.1 Å². The van der Waals surface area contributed by atoms with Crippen LogP contribution in [0, 0.1) is 0 Å². The summed E-state index contributed by atoms with van der Waals surface area (Å²) < 4.78 is 0. The smallest absolute Gasteiger partial charge is 0.151 e. The third kappa shape index (κ3) is 3.12. The number of nitrogens with one attached hydrogen (secondary N) is 1. The van der Waals surface area contributed by atoms with Crippen molar-refractivity contribution in [3.8, 4) is 0 Å². The molecule has 18 heavy (non-hydrogen) atoms. The Morgan fingerprint density at radius 3 is 2.78 bits per heavy atom. The van der Waals surface area contributed by atoms with E-state index in [2.05, 4.69) is 10.3 Å². The number of rotatable bonds is 4. The number of aliphatic hydroxyl groups excluding tert-OH is 1. The minimum Gasteiger partial charge on any atom is -0.396 e. The molecule has 4 nitrogen and oxygen atoms in total. The van der Waals surface area contributed by atoms with E-state index in [1.165, 1.54) is 0 Å². The molecule has 2 rings (SSSR count). The second-order valence-electron chi connectivity index (χ2n) is 3.90. The first kappa shape index (κ1) is 12.7. The van der Waals surface area contributed by atoms with Crippen LogP contribution in [0.2, 0.25) is 5.15 Å². The lowest BCUT2D eigenvalue weighted by molar-refractivity contribution is 0.281. The first-order chi connectivity index (χ1) is 8.69. The number of benzene rings is 1. The molecule has 0 bridgehead atoms. The molecule has 5 heteroatoms. The second kappa shape index (κ2) is 5.71. The van der Waals surface area contributed by atoms with E-state index in [1.807, 2.05) is 24.3 Å². The van der Waals surface area contributed by atoms with E-state index in [0.717, 1.165) is 11.1 Å². The van der Waals surface area contributed by atoms with E-state index >= 15 is 0 Å². The predicted octanol–water partition coefficient (Wildman–Crippen LogP) is 2.42. The lowest BCUT2D eigenvalue weighted by Crippen LogP contribution is -2.05. The van der Waals surface area contributed by atoms with Crippen LogP contribution in [0.15, 0.2) is 36.4 Å². The lowest BCUT2D eigenvalue weighted by Gasteiger charge is -2.09. The van der Waals surface area contributed by atoms with Crippen LogP contribution in [0.25, 0.3) is 0 Å². The Balaban J connectivity index is 2.08. The topological polar surface area (TPSA) is 71.2 Å². The van der Waals surface area contributed by atoms with Crippen molar-refractivity contribution in [2.45, 2.75) is 13.2 Å². The number of nitrogen functional groups attached to an aromatic ring is 1. The van der Waals surface area contributed by atoms with Crippen LogP contribution in [-0.4, -0.2) is 10.1 Å². The van der Waals surface area contributed by atoms with Gasteiger partial charge >= 0.3 is 0 Å². The van der Waals surface area contributed by atoms with Gasteiger partial charge in [-0.05, 0) is 23.3 Å². The summed E-state index contributed by atoms with van der Waals surface area (Å²) in [4.78, 5) is 4.11. The van der Waals surface area contributed by atoms with Crippen molar-refractivity contribution in [2.24, 2.45) is 0 Å². The van der Waals surface area contributed by atoms with Crippen LogP contribution in [0.4, 0.5) is 11.5 Å². The molecule has 0 radical (unpaired) electrons. The van der Waals surface area contributed by atoms with Crippen molar-refractivity contribution in [1.82, 2.24) is 4.98 Å². The molecule has 0 amide bonds. The van der Waals surface area contributed by atoms with Gasteiger partial charge in [-0.15, -0.1) is 0 Å². The normalized spacial score (nSPS) is 10.3. The summed E-state index contributed by atoms with van der Waals surface area (Å²) in [5.74, 6) is 0.567. The van der Waals surface area contributed by atoms with Gasteiger partial charge in [0.1, 0.15) is 5.15 Å². The minimum absolute atomic E-state index is 0.0331. The van der Waals surface area contributed by atoms with E-state index < -0.39 is 0 Å². The molecule has 0 fully saturated rings. The number of aromatic nitrogens is 1. The van der Waals surface area contributed by atoms with Gasteiger partial charge in [0.05, 0.1) is 12.3 Å². The molecule has 1 aromatic heterocycles. The Morgan fingerprint density at radius 2 is 2.00 bits per heavy atom. The molecule has 0 saturated carbocycles. The molecule has 1 heterocycles. The van der Waals surface area contributed by atoms with Gasteiger partial charge in [0.25, 0.3) is 0 Å². The van der Waals surface area contributed by atoms with Crippen LogP contribution in [0.1, 0.15) is 11.1 Å². The van der Waals surface area contributed by atoms with Crippen molar-refractivity contribution < 1.29 is 5.11 Å². The van der Waals surface area contributed by atoms with Crippen LogP contribution in [0.5, 0.6) is 0 Å². The number of hydrogen-bond acceptors (Lipinski definition) is 4. The van der Waals surface area contributed by atoms with Gasteiger partial charge in [-0.2, -0.15) is 0 Å². The Morgan fingerprint density at radius 1 is 1.22 bits per heavy atom. The quantitative estimate of drug-likeness (QED) is 0.741. The van der Waals surface area contributed by atoms with E-state index in [4.69, 9.17) is 22.4 Å². The summed E-state index contributed by atoms with van der Waals surface area (Å²) in [6, 6.07) is 11.0. The van der Waals surface area contributed by atoms with Gasteiger partial charge in [-0.1, -0.05) is 35.9 Å². The number of anilines is 2. The summed E-state index contributed by atoms with van der Waals surface area (Å²) in [7, 11) is 0. The zero-order valence-electron chi connectivity index (χ0n) is 9.73. The highest BCUT2D eigenvalue weighted by Gasteiger charge is 2.02. The van der Waals surface area contributed by atoms with Gasteiger partial charge in [-0.3, -0.25) is 0 Å². The molecule has 0 aliphatic carbocycles. The predicted molar refractivity (Wildman–Crippen MR) is 73.4 cm³/mol. The number of hydrogen-bond donors (Lipinski definition) is 3. The summed E-state index contributed by atoms with van der Waals surface area (Å²) in [6.07, 6.45) is 0. The number of aliphatic hydroxyl groups is 1. The molecular weight excluding hydrogens is 250 g/mol. The zero-order valence-corrected chi connectivity index (χ0v) is 10.5. The SMILES string of the molecule is Nc1ccc(Cl)nc1NCc1cccc(CO)c1. The third-order valence-corrected chi connectivity index (χ3v) is 2.74. The minimum atomic E-state index is 0.0331. The van der Waals surface area contributed by atoms with Crippen LogP contribution in [-0.2, 0) is 13.2 Å². The molecule has 0 aliphatic rings. The highest BCUT2D eigenvalue weighted by molar-refractivity contribution is 6.29. The zero-order chi connectivity index (χ0) is 13.0. The fraction of sp³-hybridized carbons (Fsp3) is 0.154. The molecule has 0 aliphatic heterocycles. The molecule has 0 saturated heterocycles. The molecule has 2 aromatic rings. The monoisotopic (exact) mass is 263 g/mol. The standard InChI is InChI=1S/C13H14ClN3O/c14-12-5-4-11(15)13(17-12)16-7-9-2-1-3-10(6-9)8-18/h1-6,18H,7-8,15H2,(H,16,17). The molecule has 1 aromatic carbocycles. The third-order valence-electron chi connectivity index (χ3n) is 2.53. The average Bonchev–Trinajstić information content (AvgIpc) is 2.40. The number of halogens is 1. The second-order valence-corrected chi connectivity index (χ2v) is 4.29. The van der Waals surface area contributed by atoms with E-state index in [-0.39, 0.29) is 6.61 Å². The van der Waals surface area contributed by atoms with Crippen molar-refractivity contribution in [3.05, 3.63) is 52.7 Å². The lowest BCUT2D eigenvalue weighted by atomic mass is 10.1. The molecular formula is C13H14ClN3O. The first-order valence-corrected chi connectivity index (χ1v) is 5.91. The Bertz CT molecular complexity index is 546.